The first-order valence-corrected chi connectivity index (χ1v) is 8.64. The minimum Gasteiger partial charge on any atom is -0.497 e. The highest BCUT2D eigenvalue weighted by Gasteiger charge is 2.38. The number of nitrogens with one attached hydrogen (secondary N) is 1. The van der Waals surface area contributed by atoms with Crippen LogP contribution in [0.4, 0.5) is 0 Å². The SMILES string of the molecule is CCC1(CC)CC(NCCC(C)C)c2ccc(OC)cc2O1. The lowest BCUT2D eigenvalue weighted by Crippen LogP contribution is -2.43. The Bertz CT molecular complexity index is 480. The molecule has 0 amide bonds. The lowest BCUT2D eigenvalue weighted by Gasteiger charge is -2.42. The van der Waals surface area contributed by atoms with Crippen LogP contribution in [0.1, 0.15) is 65.0 Å². The van der Waals surface area contributed by atoms with E-state index in [0.29, 0.717) is 6.04 Å². The van der Waals surface area contributed by atoms with E-state index in [0.717, 1.165) is 43.2 Å². The van der Waals surface area contributed by atoms with Crippen LogP contribution in [0.5, 0.6) is 11.5 Å². The molecule has 0 aliphatic carbocycles. The summed E-state index contributed by atoms with van der Waals surface area (Å²) >= 11 is 0. The van der Waals surface area contributed by atoms with Crippen LogP contribution in [0.3, 0.4) is 0 Å². The summed E-state index contributed by atoms with van der Waals surface area (Å²) in [5.41, 5.74) is 1.21. The smallest absolute Gasteiger partial charge is 0.128 e. The van der Waals surface area contributed by atoms with Gasteiger partial charge in [-0.3, -0.25) is 0 Å². The molecule has 1 atom stereocenters. The number of ether oxygens (including phenoxy) is 2. The summed E-state index contributed by atoms with van der Waals surface area (Å²) in [6, 6.07) is 6.58. The van der Waals surface area contributed by atoms with Gasteiger partial charge in [0, 0.05) is 24.1 Å². The highest BCUT2D eigenvalue weighted by atomic mass is 16.5. The second-order valence-corrected chi connectivity index (χ2v) is 6.79. The zero-order valence-electron chi connectivity index (χ0n) is 14.7. The van der Waals surface area contributed by atoms with Gasteiger partial charge < -0.3 is 14.8 Å². The fourth-order valence-corrected chi connectivity index (χ4v) is 3.19. The first-order valence-electron chi connectivity index (χ1n) is 8.64. The lowest BCUT2D eigenvalue weighted by molar-refractivity contribution is 0.0225. The van der Waals surface area contributed by atoms with E-state index in [1.165, 1.54) is 12.0 Å². The van der Waals surface area contributed by atoms with E-state index in [1.807, 2.05) is 12.1 Å². The van der Waals surface area contributed by atoms with Gasteiger partial charge >= 0.3 is 0 Å². The number of hydrogen-bond acceptors (Lipinski definition) is 3. The molecule has 3 heteroatoms. The maximum absolute atomic E-state index is 6.40. The molecule has 124 valence electrons. The van der Waals surface area contributed by atoms with Gasteiger partial charge in [-0.1, -0.05) is 33.8 Å². The first-order chi connectivity index (χ1) is 10.5. The summed E-state index contributed by atoms with van der Waals surface area (Å²) in [6.07, 6.45) is 4.30. The first kappa shape index (κ1) is 17.1. The normalized spacial score (nSPS) is 19.6. The van der Waals surface area contributed by atoms with Crippen LogP contribution < -0.4 is 14.8 Å². The summed E-state index contributed by atoms with van der Waals surface area (Å²) in [7, 11) is 1.70. The molecule has 1 heterocycles. The van der Waals surface area contributed by atoms with Gasteiger partial charge in [0.15, 0.2) is 0 Å². The maximum Gasteiger partial charge on any atom is 0.128 e. The van der Waals surface area contributed by atoms with Gasteiger partial charge in [0.1, 0.15) is 17.1 Å². The number of methoxy groups -OCH3 is 1. The zero-order valence-corrected chi connectivity index (χ0v) is 14.7. The van der Waals surface area contributed by atoms with E-state index >= 15 is 0 Å². The van der Waals surface area contributed by atoms with Crippen LogP contribution in [-0.4, -0.2) is 19.3 Å². The predicted molar refractivity (Wildman–Crippen MR) is 91.8 cm³/mol. The molecule has 0 radical (unpaired) electrons. The zero-order chi connectivity index (χ0) is 16.2. The van der Waals surface area contributed by atoms with Crippen LogP contribution in [-0.2, 0) is 0 Å². The second kappa shape index (κ2) is 7.36. The summed E-state index contributed by atoms with van der Waals surface area (Å²) < 4.78 is 11.8. The van der Waals surface area contributed by atoms with Gasteiger partial charge in [-0.15, -0.1) is 0 Å². The molecule has 0 saturated carbocycles. The third kappa shape index (κ3) is 3.75. The monoisotopic (exact) mass is 305 g/mol. The lowest BCUT2D eigenvalue weighted by atomic mass is 9.83. The van der Waals surface area contributed by atoms with Crippen LogP contribution in [0, 0.1) is 5.92 Å². The Morgan fingerprint density at radius 1 is 1.32 bits per heavy atom. The van der Waals surface area contributed by atoms with Crippen LogP contribution >= 0.6 is 0 Å². The number of fused-ring (bicyclic) bond motifs is 1. The van der Waals surface area contributed by atoms with Gasteiger partial charge in [0.05, 0.1) is 7.11 Å². The molecule has 1 aliphatic rings. The van der Waals surface area contributed by atoms with E-state index in [9.17, 15) is 0 Å². The Morgan fingerprint density at radius 3 is 2.64 bits per heavy atom. The van der Waals surface area contributed by atoms with E-state index < -0.39 is 0 Å². The molecule has 0 fully saturated rings. The molecule has 0 bridgehead atoms. The van der Waals surface area contributed by atoms with Crippen LogP contribution in [0.25, 0.3) is 0 Å². The summed E-state index contributed by atoms with van der Waals surface area (Å²) in [5.74, 6) is 2.57. The highest BCUT2D eigenvalue weighted by molar-refractivity contribution is 5.44. The number of rotatable bonds is 7. The third-order valence-electron chi connectivity index (χ3n) is 4.90. The van der Waals surface area contributed by atoms with E-state index in [4.69, 9.17) is 9.47 Å². The van der Waals surface area contributed by atoms with E-state index in [2.05, 4.69) is 39.1 Å². The van der Waals surface area contributed by atoms with Crippen molar-refractivity contribution in [2.45, 2.75) is 65.0 Å². The highest BCUT2D eigenvalue weighted by Crippen LogP contribution is 2.44. The largest absolute Gasteiger partial charge is 0.497 e. The average molecular weight is 305 g/mol. The third-order valence-corrected chi connectivity index (χ3v) is 4.90. The number of hydrogen-bond donors (Lipinski definition) is 1. The molecule has 1 N–H and O–H groups in total. The topological polar surface area (TPSA) is 30.5 Å². The summed E-state index contributed by atoms with van der Waals surface area (Å²) in [5, 5.41) is 3.75. The van der Waals surface area contributed by atoms with Crippen molar-refractivity contribution in [3.63, 3.8) is 0 Å². The molecule has 2 rings (SSSR count). The van der Waals surface area contributed by atoms with Gasteiger partial charge in [0.2, 0.25) is 0 Å². The van der Waals surface area contributed by atoms with Crippen molar-refractivity contribution in [1.82, 2.24) is 5.32 Å². The molecule has 0 spiro atoms. The van der Waals surface area contributed by atoms with Crippen molar-refractivity contribution in [2.75, 3.05) is 13.7 Å². The van der Waals surface area contributed by atoms with E-state index in [1.54, 1.807) is 7.11 Å². The molecule has 0 saturated heterocycles. The van der Waals surface area contributed by atoms with Gasteiger partial charge in [-0.2, -0.15) is 0 Å². The molecule has 3 nitrogen and oxygen atoms in total. The molecular weight excluding hydrogens is 274 g/mol. The minimum absolute atomic E-state index is 0.0607. The van der Waals surface area contributed by atoms with Crippen LogP contribution in [0.2, 0.25) is 0 Å². The molecule has 1 unspecified atom stereocenters. The molecular formula is C19H31NO2. The second-order valence-electron chi connectivity index (χ2n) is 6.79. The molecule has 1 aromatic carbocycles. The van der Waals surface area contributed by atoms with E-state index in [-0.39, 0.29) is 5.60 Å². The summed E-state index contributed by atoms with van der Waals surface area (Å²) in [4.78, 5) is 0. The van der Waals surface area contributed by atoms with Gasteiger partial charge in [-0.25, -0.2) is 0 Å². The Kier molecular flexibility index (Phi) is 5.74. The molecule has 0 aromatic heterocycles. The fourth-order valence-electron chi connectivity index (χ4n) is 3.19. The average Bonchev–Trinajstić information content (AvgIpc) is 2.53. The predicted octanol–water partition coefficient (Wildman–Crippen LogP) is 4.71. The van der Waals surface area contributed by atoms with Crippen molar-refractivity contribution in [3.05, 3.63) is 23.8 Å². The molecule has 22 heavy (non-hydrogen) atoms. The fraction of sp³-hybridized carbons (Fsp3) is 0.684. The van der Waals surface area contributed by atoms with Crippen molar-refractivity contribution in [3.8, 4) is 11.5 Å². The maximum atomic E-state index is 6.40. The van der Waals surface area contributed by atoms with Crippen molar-refractivity contribution in [2.24, 2.45) is 5.92 Å². The van der Waals surface area contributed by atoms with Crippen molar-refractivity contribution in [1.29, 1.82) is 0 Å². The van der Waals surface area contributed by atoms with Gasteiger partial charge in [0.25, 0.3) is 0 Å². The Morgan fingerprint density at radius 2 is 2.05 bits per heavy atom. The number of benzene rings is 1. The van der Waals surface area contributed by atoms with Crippen molar-refractivity contribution >= 4 is 0 Å². The molecule has 1 aliphatic heterocycles. The quantitative estimate of drug-likeness (QED) is 0.791. The minimum atomic E-state index is -0.0607. The standard InChI is InChI=1S/C19H31NO2/c1-6-19(7-2)13-17(20-11-10-14(3)4)16-9-8-15(21-5)12-18(16)22-19/h8-9,12,14,17,20H,6-7,10-11,13H2,1-5H3. The van der Waals surface area contributed by atoms with Crippen LogP contribution in [0.15, 0.2) is 18.2 Å². The van der Waals surface area contributed by atoms with Gasteiger partial charge in [-0.05, 0) is 37.8 Å². The Labute approximate surface area is 135 Å². The Balaban J connectivity index is 2.24. The summed E-state index contributed by atoms with van der Waals surface area (Å²) in [6.45, 7) is 10.0. The molecule has 1 aromatic rings. The Hall–Kier alpha value is -1.22. The van der Waals surface area contributed by atoms with Crippen molar-refractivity contribution < 1.29 is 9.47 Å².